The van der Waals surface area contributed by atoms with Crippen LogP contribution in [0.25, 0.3) is 0 Å². The molecule has 0 fully saturated rings. The van der Waals surface area contributed by atoms with Crippen LogP contribution in [0.2, 0.25) is 0 Å². The number of aliphatic hydroxyl groups is 2. The number of halogens is 2. The molecule has 0 bridgehead atoms. The second-order valence-electron chi connectivity index (χ2n) is 9.34. The molecule has 6 heteroatoms. The number of imidazole rings is 1. The first-order chi connectivity index (χ1) is 15.6. The van der Waals surface area contributed by atoms with E-state index in [1.807, 2.05) is 12.4 Å². The molecule has 1 aromatic rings. The molecule has 0 aliphatic heterocycles. The van der Waals surface area contributed by atoms with Crippen molar-refractivity contribution in [2.24, 2.45) is 0 Å². The zero-order valence-electron chi connectivity index (χ0n) is 20.5. The van der Waals surface area contributed by atoms with Crippen LogP contribution in [0.3, 0.4) is 0 Å². The number of aromatic nitrogens is 2. The van der Waals surface area contributed by atoms with Gasteiger partial charge in [-0.2, -0.15) is 0 Å². The predicted octanol–water partition coefficient (Wildman–Crippen LogP) is 6.39. The van der Waals surface area contributed by atoms with E-state index in [4.69, 9.17) is 23.2 Å². The Morgan fingerprint density at radius 1 is 0.750 bits per heavy atom. The summed E-state index contributed by atoms with van der Waals surface area (Å²) in [6, 6.07) is 0. The van der Waals surface area contributed by atoms with Crippen LogP contribution in [0.1, 0.15) is 109 Å². The van der Waals surface area contributed by atoms with Gasteiger partial charge in [-0.25, -0.2) is 9.13 Å². The first-order valence-corrected chi connectivity index (χ1v) is 14.2. The normalized spacial score (nSPS) is 13.5. The number of hydrogen-bond acceptors (Lipinski definition) is 2. The van der Waals surface area contributed by atoms with Gasteiger partial charge in [-0.15, -0.1) is 23.2 Å². The molecule has 0 amide bonds. The van der Waals surface area contributed by atoms with E-state index >= 15 is 0 Å². The maximum absolute atomic E-state index is 9.94. The molecule has 188 valence electrons. The minimum absolute atomic E-state index is 0.223. The number of nitrogens with zero attached hydrogens (tertiary/aromatic N) is 2. The fourth-order valence-electron chi connectivity index (χ4n) is 4.32. The number of alkyl halides is 2. The first kappa shape index (κ1) is 29.7. The second-order valence-corrected chi connectivity index (χ2v) is 9.95. The molecule has 0 radical (unpaired) electrons. The molecule has 1 aromatic heterocycles. The Bertz CT molecular complexity index is 524. The summed E-state index contributed by atoms with van der Waals surface area (Å²) in [4.78, 5) is 0. The lowest BCUT2D eigenvalue weighted by atomic mass is 10.0. The molecule has 1 heterocycles. The van der Waals surface area contributed by atoms with Crippen molar-refractivity contribution < 1.29 is 14.8 Å². The molecule has 32 heavy (non-hydrogen) atoms. The summed E-state index contributed by atoms with van der Waals surface area (Å²) >= 11 is 11.6. The van der Waals surface area contributed by atoms with E-state index in [1.165, 1.54) is 89.9 Å². The Labute approximate surface area is 207 Å². The Kier molecular flexibility index (Phi) is 18.7. The van der Waals surface area contributed by atoms with E-state index in [0.29, 0.717) is 13.1 Å². The molecule has 0 saturated carbocycles. The number of aliphatic hydroxyl groups excluding tert-OH is 2. The third-order valence-corrected chi connectivity index (χ3v) is 6.98. The van der Waals surface area contributed by atoms with Gasteiger partial charge in [0, 0.05) is 6.42 Å². The molecule has 1 rings (SSSR count). The van der Waals surface area contributed by atoms with Gasteiger partial charge in [-0.05, 0) is 6.42 Å². The van der Waals surface area contributed by atoms with Crippen molar-refractivity contribution >= 4 is 23.2 Å². The topological polar surface area (TPSA) is 49.3 Å². The zero-order chi connectivity index (χ0) is 23.4. The Morgan fingerprint density at radius 3 is 1.69 bits per heavy atom. The highest BCUT2D eigenvalue weighted by molar-refractivity contribution is 6.18. The van der Waals surface area contributed by atoms with Gasteiger partial charge in [0.05, 0.1) is 11.8 Å². The highest BCUT2D eigenvalue weighted by atomic mass is 35.5. The van der Waals surface area contributed by atoms with E-state index in [2.05, 4.69) is 16.1 Å². The summed E-state index contributed by atoms with van der Waals surface area (Å²) in [5, 5.41) is 19.9. The molecular weight excluding hydrogens is 443 g/mol. The molecule has 2 unspecified atom stereocenters. The third kappa shape index (κ3) is 14.1. The van der Waals surface area contributed by atoms with Crippen molar-refractivity contribution in [2.45, 2.75) is 135 Å². The zero-order valence-corrected chi connectivity index (χ0v) is 22.0. The van der Waals surface area contributed by atoms with Crippen LogP contribution in [0.15, 0.2) is 12.4 Å². The van der Waals surface area contributed by atoms with Crippen LogP contribution in [0.5, 0.6) is 0 Å². The van der Waals surface area contributed by atoms with Gasteiger partial charge in [0.2, 0.25) is 0 Å². The van der Waals surface area contributed by atoms with Crippen molar-refractivity contribution in [3.63, 3.8) is 0 Å². The summed E-state index contributed by atoms with van der Waals surface area (Å²) in [5.41, 5.74) is 0. The number of rotatable bonds is 22. The Balaban J connectivity index is 2.15. The predicted molar refractivity (Wildman–Crippen MR) is 137 cm³/mol. The van der Waals surface area contributed by atoms with Crippen molar-refractivity contribution in [3.8, 4) is 0 Å². The monoisotopic (exact) mass is 491 g/mol. The number of unbranched alkanes of at least 4 members (excludes halogenated alkanes) is 14. The lowest BCUT2D eigenvalue weighted by Crippen LogP contribution is -2.43. The van der Waals surface area contributed by atoms with Crippen LogP contribution < -0.4 is 4.57 Å². The van der Waals surface area contributed by atoms with E-state index in [9.17, 15) is 10.2 Å². The first-order valence-electron chi connectivity index (χ1n) is 13.2. The number of hydrogen-bond donors (Lipinski definition) is 2. The standard InChI is InChI=1S/C26H49Cl2N2O2/c1-2-3-4-5-6-7-8-9-10-11-12-13-14-15-16-17-26-29(22-24(31)20-27)18-19-30(26)23-25(32)21-28/h18-19,24-25,31-32H,2-17,20-23H2,1H3/q+1. The van der Waals surface area contributed by atoms with Gasteiger partial charge >= 0.3 is 0 Å². The van der Waals surface area contributed by atoms with E-state index in [-0.39, 0.29) is 11.8 Å². The fraction of sp³-hybridized carbons (Fsp3) is 0.885. The summed E-state index contributed by atoms with van der Waals surface area (Å²) in [7, 11) is 0. The summed E-state index contributed by atoms with van der Waals surface area (Å²) in [5.74, 6) is 1.58. The lowest BCUT2D eigenvalue weighted by Gasteiger charge is -2.10. The largest absolute Gasteiger partial charge is 0.388 e. The third-order valence-electron chi connectivity index (χ3n) is 6.26. The van der Waals surface area contributed by atoms with Crippen LogP contribution in [-0.2, 0) is 19.5 Å². The van der Waals surface area contributed by atoms with E-state index in [0.717, 1.165) is 18.7 Å². The highest BCUT2D eigenvalue weighted by Crippen LogP contribution is 2.14. The Hall–Kier alpha value is -0.290. The van der Waals surface area contributed by atoms with Gasteiger partial charge in [0.1, 0.15) is 37.7 Å². The van der Waals surface area contributed by atoms with Crippen LogP contribution in [-0.4, -0.2) is 38.7 Å². The molecule has 4 nitrogen and oxygen atoms in total. The molecule has 0 spiro atoms. The second kappa shape index (κ2) is 20.1. The summed E-state index contributed by atoms with van der Waals surface area (Å²) < 4.78 is 4.13. The average molecular weight is 493 g/mol. The molecule has 0 saturated heterocycles. The van der Waals surface area contributed by atoms with Gasteiger partial charge in [-0.1, -0.05) is 96.8 Å². The Morgan fingerprint density at radius 2 is 1.22 bits per heavy atom. The maximum Gasteiger partial charge on any atom is 0.256 e. The molecule has 0 aliphatic carbocycles. The van der Waals surface area contributed by atoms with Crippen molar-refractivity contribution in [1.29, 1.82) is 0 Å². The fourth-order valence-corrected chi connectivity index (χ4v) is 4.52. The minimum Gasteiger partial charge on any atom is -0.388 e. The van der Waals surface area contributed by atoms with Crippen LogP contribution in [0, 0.1) is 0 Å². The van der Waals surface area contributed by atoms with Crippen molar-refractivity contribution in [2.75, 3.05) is 11.8 Å². The molecule has 0 aromatic carbocycles. The molecule has 2 N–H and O–H groups in total. The van der Waals surface area contributed by atoms with Gasteiger partial charge in [0.25, 0.3) is 5.82 Å². The van der Waals surface area contributed by atoms with Crippen molar-refractivity contribution in [1.82, 2.24) is 4.57 Å². The van der Waals surface area contributed by atoms with Crippen LogP contribution in [0.4, 0.5) is 0 Å². The average Bonchev–Trinajstić information content (AvgIpc) is 3.16. The quantitative estimate of drug-likeness (QED) is 0.112. The molecule has 2 atom stereocenters. The van der Waals surface area contributed by atoms with Crippen molar-refractivity contribution in [3.05, 3.63) is 18.2 Å². The highest BCUT2D eigenvalue weighted by Gasteiger charge is 2.21. The smallest absolute Gasteiger partial charge is 0.256 e. The van der Waals surface area contributed by atoms with Crippen LogP contribution >= 0.6 is 23.2 Å². The lowest BCUT2D eigenvalue weighted by molar-refractivity contribution is -0.709. The minimum atomic E-state index is -0.560. The molecular formula is C26H49Cl2N2O2+. The maximum atomic E-state index is 9.94. The SMILES string of the molecule is CCCCCCCCCCCCCCCCCc1n(CC(O)CCl)cc[n+]1CC(O)CCl. The summed E-state index contributed by atoms with van der Waals surface area (Å²) in [6.07, 6.45) is 24.1. The van der Waals surface area contributed by atoms with Gasteiger partial charge in [-0.3, -0.25) is 0 Å². The molecule has 0 aliphatic rings. The van der Waals surface area contributed by atoms with E-state index < -0.39 is 12.2 Å². The van der Waals surface area contributed by atoms with E-state index in [1.54, 1.807) is 0 Å². The summed E-state index contributed by atoms with van der Waals surface area (Å²) in [6.45, 7) is 3.25. The van der Waals surface area contributed by atoms with Gasteiger partial charge < -0.3 is 10.2 Å². The van der Waals surface area contributed by atoms with Gasteiger partial charge in [0.15, 0.2) is 0 Å².